The van der Waals surface area contributed by atoms with Gasteiger partial charge in [-0.1, -0.05) is 18.5 Å². The van der Waals surface area contributed by atoms with Crippen LogP contribution in [0, 0.1) is 0 Å². The molecule has 110 valence electrons. The van der Waals surface area contributed by atoms with E-state index in [9.17, 15) is 4.79 Å². The molecule has 1 fully saturated rings. The summed E-state index contributed by atoms with van der Waals surface area (Å²) in [6, 6.07) is 3.31. The van der Waals surface area contributed by atoms with Crippen LogP contribution in [0.25, 0.3) is 0 Å². The van der Waals surface area contributed by atoms with Gasteiger partial charge in [0.15, 0.2) is 0 Å². The van der Waals surface area contributed by atoms with Crippen LogP contribution in [0.3, 0.4) is 0 Å². The molecule has 0 radical (unpaired) electrons. The van der Waals surface area contributed by atoms with Crippen LogP contribution in [-0.2, 0) is 4.74 Å². The summed E-state index contributed by atoms with van der Waals surface area (Å²) in [5, 5.41) is 0.523. The highest BCUT2D eigenvalue weighted by molar-refractivity contribution is 6.34. The smallest absolute Gasteiger partial charge is 0.338 e. The Bertz CT molecular complexity index is 462. The molecule has 0 bridgehead atoms. The average Bonchev–Trinajstić information content (AvgIpc) is 2.45. The number of nitrogens with two attached hydrogens (primary N) is 1. The van der Waals surface area contributed by atoms with Crippen molar-refractivity contribution >= 4 is 28.9 Å². The molecular weight excluding hydrogens is 276 g/mol. The van der Waals surface area contributed by atoms with Crippen LogP contribution < -0.4 is 10.6 Å². The molecular formula is C15H21ClN2O2. The van der Waals surface area contributed by atoms with Gasteiger partial charge in [-0.3, -0.25) is 0 Å². The third kappa shape index (κ3) is 3.37. The summed E-state index contributed by atoms with van der Waals surface area (Å²) in [6.45, 7) is 4.28. The molecule has 0 unspecified atom stereocenters. The predicted octanol–water partition coefficient (Wildman–Crippen LogP) is 3.48. The van der Waals surface area contributed by atoms with Crippen molar-refractivity contribution in [3.8, 4) is 0 Å². The first-order valence-electron chi connectivity index (χ1n) is 7.14. The summed E-state index contributed by atoms with van der Waals surface area (Å²) in [5.74, 6) is -0.370. The molecule has 5 heteroatoms. The number of anilines is 2. The number of halogens is 1. The van der Waals surface area contributed by atoms with Crippen LogP contribution in [0.1, 0.15) is 43.0 Å². The molecule has 0 saturated carbocycles. The summed E-state index contributed by atoms with van der Waals surface area (Å²) in [4.78, 5) is 14.0. The Morgan fingerprint density at radius 2 is 2.05 bits per heavy atom. The zero-order chi connectivity index (χ0) is 14.5. The monoisotopic (exact) mass is 296 g/mol. The van der Waals surface area contributed by atoms with Gasteiger partial charge < -0.3 is 15.4 Å². The number of carbonyl (C=O) groups is 1. The number of nitrogens with zero attached hydrogens (tertiary/aromatic N) is 1. The molecule has 2 rings (SSSR count). The number of benzene rings is 1. The first-order valence-corrected chi connectivity index (χ1v) is 7.52. The van der Waals surface area contributed by atoms with E-state index in [1.54, 1.807) is 12.1 Å². The number of esters is 1. The van der Waals surface area contributed by atoms with E-state index in [0.717, 1.165) is 38.0 Å². The highest BCUT2D eigenvalue weighted by atomic mass is 35.5. The molecule has 1 aliphatic rings. The second-order valence-corrected chi connectivity index (χ2v) is 5.49. The minimum atomic E-state index is -0.370. The van der Waals surface area contributed by atoms with Gasteiger partial charge in [-0.15, -0.1) is 0 Å². The number of piperidine rings is 1. The van der Waals surface area contributed by atoms with Gasteiger partial charge in [0.2, 0.25) is 0 Å². The molecule has 20 heavy (non-hydrogen) atoms. The molecule has 1 saturated heterocycles. The minimum Gasteiger partial charge on any atom is -0.462 e. The zero-order valence-corrected chi connectivity index (χ0v) is 12.6. The quantitative estimate of drug-likeness (QED) is 0.683. The lowest BCUT2D eigenvalue weighted by Gasteiger charge is -2.30. The fourth-order valence-corrected chi connectivity index (χ4v) is 2.81. The third-order valence-corrected chi connectivity index (χ3v) is 3.73. The first-order chi connectivity index (χ1) is 9.63. The van der Waals surface area contributed by atoms with Gasteiger partial charge >= 0.3 is 5.97 Å². The van der Waals surface area contributed by atoms with Crippen molar-refractivity contribution in [3.05, 3.63) is 22.7 Å². The van der Waals surface area contributed by atoms with Crippen LogP contribution in [0.4, 0.5) is 11.4 Å². The van der Waals surface area contributed by atoms with E-state index in [1.807, 2.05) is 6.92 Å². The Hall–Kier alpha value is -1.42. The summed E-state index contributed by atoms with van der Waals surface area (Å²) >= 11 is 6.32. The van der Waals surface area contributed by atoms with Gasteiger partial charge in [-0.25, -0.2) is 4.79 Å². The number of carbonyl (C=O) groups excluding carboxylic acids is 1. The molecule has 0 atom stereocenters. The molecule has 1 aromatic carbocycles. The van der Waals surface area contributed by atoms with Crippen LogP contribution in [0.15, 0.2) is 12.1 Å². The van der Waals surface area contributed by atoms with Crippen LogP contribution in [0.2, 0.25) is 5.02 Å². The van der Waals surface area contributed by atoms with Gasteiger partial charge in [0.25, 0.3) is 0 Å². The molecule has 0 amide bonds. The molecule has 0 aromatic heterocycles. The van der Waals surface area contributed by atoms with Crippen molar-refractivity contribution in [2.24, 2.45) is 0 Å². The molecule has 1 heterocycles. The number of ether oxygens (including phenoxy) is 1. The van der Waals surface area contributed by atoms with E-state index in [0.29, 0.717) is 22.9 Å². The van der Waals surface area contributed by atoms with Gasteiger partial charge in [0.1, 0.15) is 0 Å². The Morgan fingerprint density at radius 1 is 1.35 bits per heavy atom. The van der Waals surface area contributed by atoms with Gasteiger partial charge in [0.05, 0.1) is 28.6 Å². The SMILES string of the molecule is CCCOC(=O)c1cc(N)c(N2CCCCC2)c(Cl)c1. The standard InChI is InChI=1S/C15H21ClN2O2/c1-2-8-20-15(19)11-9-12(16)14(13(17)10-11)18-6-4-3-5-7-18/h9-10H,2-8,17H2,1H3. The molecule has 0 aliphatic carbocycles. The minimum absolute atomic E-state index is 0.370. The van der Waals surface area contributed by atoms with E-state index < -0.39 is 0 Å². The average molecular weight is 297 g/mol. The third-order valence-electron chi connectivity index (χ3n) is 3.44. The summed E-state index contributed by atoms with van der Waals surface area (Å²) < 4.78 is 5.11. The maximum Gasteiger partial charge on any atom is 0.338 e. The topological polar surface area (TPSA) is 55.6 Å². The van der Waals surface area contributed by atoms with Gasteiger partial charge in [-0.2, -0.15) is 0 Å². The van der Waals surface area contributed by atoms with Gasteiger partial charge in [-0.05, 0) is 37.8 Å². The molecule has 1 aromatic rings. The van der Waals surface area contributed by atoms with Crippen LogP contribution in [-0.4, -0.2) is 25.7 Å². The van der Waals surface area contributed by atoms with Crippen molar-refractivity contribution in [2.75, 3.05) is 30.3 Å². The lowest BCUT2D eigenvalue weighted by molar-refractivity contribution is 0.0505. The Morgan fingerprint density at radius 3 is 2.65 bits per heavy atom. The second-order valence-electron chi connectivity index (χ2n) is 5.08. The highest BCUT2D eigenvalue weighted by Crippen LogP contribution is 2.35. The molecule has 0 spiro atoms. The number of hydrogen-bond acceptors (Lipinski definition) is 4. The van der Waals surface area contributed by atoms with E-state index in [4.69, 9.17) is 22.1 Å². The van der Waals surface area contributed by atoms with Crippen LogP contribution >= 0.6 is 11.6 Å². The first kappa shape index (κ1) is 15.0. The summed E-state index contributed by atoms with van der Waals surface area (Å²) in [7, 11) is 0. The fraction of sp³-hybridized carbons (Fsp3) is 0.533. The highest BCUT2D eigenvalue weighted by Gasteiger charge is 2.19. The molecule has 1 aliphatic heterocycles. The Balaban J connectivity index is 2.21. The van der Waals surface area contributed by atoms with E-state index in [2.05, 4.69) is 4.90 Å². The van der Waals surface area contributed by atoms with Crippen molar-refractivity contribution < 1.29 is 9.53 Å². The molecule has 2 N–H and O–H groups in total. The van der Waals surface area contributed by atoms with E-state index in [1.165, 1.54) is 6.42 Å². The largest absolute Gasteiger partial charge is 0.462 e. The van der Waals surface area contributed by atoms with Crippen LogP contribution in [0.5, 0.6) is 0 Å². The van der Waals surface area contributed by atoms with Gasteiger partial charge in [0, 0.05) is 13.1 Å². The maximum absolute atomic E-state index is 11.8. The summed E-state index contributed by atoms with van der Waals surface area (Å²) in [6.07, 6.45) is 4.34. The van der Waals surface area contributed by atoms with E-state index >= 15 is 0 Å². The Kier molecular flexibility index (Phi) is 5.12. The normalized spacial score (nSPS) is 15.2. The summed E-state index contributed by atoms with van der Waals surface area (Å²) in [5.41, 5.74) is 7.89. The number of nitrogen functional groups attached to an aromatic ring is 1. The van der Waals surface area contributed by atoms with E-state index in [-0.39, 0.29) is 5.97 Å². The maximum atomic E-state index is 11.8. The fourth-order valence-electron chi connectivity index (χ4n) is 2.47. The lowest BCUT2D eigenvalue weighted by Crippen LogP contribution is -2.30. The zero-order valence-electron chi connectivity index (χ0n) is 11.8. The lowest BCUT2D eigenvalue weighted by atomic mass is 10.1. The van der Waals surface area contributed by atoms with Crippen molar-refractivity contribution in [1.82, 2.24) is 0 Å². The second kappa shape index (κ2) is 6.84. The van der Waals surface area contributed by atoms with Crippen molar-refractivity contribution in [2.45, 2.75) is 32.6 Å². The molecule has 4 nitrogen and oxygen atoms in total. The number of rotatable bonds is 4. The Labute approximate surface area is 124 Å². The van der Waals surface area contributed by atoms with Crippen molar-refractivity contribution in [3.63, 3.8) is 0 Å². The predicted molar refractivity (Wildman–Crippen MR) is 82.5 cm³/mol. The van der Waals surface area contributed by atoms with Crippen molar-refractivity contribution in [1.29, 1.82) is 0 Å². The number of hydrogen-bond donors (Lipinski definition) is 1.